The van der Waals surface area contributed by atoms with Gasteiger partial charge in [0.05, 0.1) is 10.9 Å². The number of primary sulfonamides is 1. The molecule has 3 N–H and O–H groups in total. The number of halogens is 3. The minimum Gasteiger partial charge on any atom is -0.329 e. The maximum atomic E-state index is 12.1. The van der Waals surface area contributed by atoms with Crippen molar-refractivity contribution in [1.82, 2.24) is 10.2 Å². The molecule has 0 saturated heterocycles. The summed E-state index contributed by atoms with van der Waals surface area (Å²) < 4.78 is 58.4. The standard InChI is InChI=1S/C12H16F3N3O3S/c1-8(18(2)11(19)17-7-12(13,14)15)9-3-5-10(6-4-9)22(16,20)21/h3-6,8H,7H2,1-2H3,(H,17,19)(H2,16,20,21)/t8-/m1/s1. The van der Waals surface area contributed by atoms with Crippen LogP contribution in [-0.2, 0) is 10.0 Å². The highest BCUT2D eigenvalue weighted by Crippen LogP contribution is 2.21. The SMILES string of the molecule is C[C@H](c1ccc(S(N)(=O)=O)cc1)N(C)C(=O)NCC(F)(F)F. The van der Waals surface area contributed by atoms with Crippen molar-refractivity contribution in [3.8, 4) is 0 Å². The number of alkyl halides is 3. The summed E-state index contributed by atoms with van der Waals surface area (Å²) in [5, 5.41) is 6.72. The van der Waals surface area contributed by atoms with Gasteiger partial charge in [0, 0.05) is 7.05 Å². The Kier molecular flexibility index (Phi) is 5.41. The van der Waals surface area contributed by atoms with Crippen LogP contribution in [0.5, 0.6) is 0 Å². The molecule has 0 heterocycles. The molecule has 0 radical (unpaired) electrons. The number of hydrogen-bond donors (Lipinski definition) is 2. The summed E-state index contributed by atoms with van der Waals surface area (Å²) in [6.07, 6.45) is -4.49. The number of rotatable bonds is 4. The number of nitrogens with one attached hydrogen (secondary N) is 1. The van der Waals surface area contributed by atoms with Gasteiger partial charge >= 0.3 is 12.2 Å². The first-order valence-electron chi connectivity index (χ1n) is 6.12. The van der Waals surface area contributed by atoms with Gasteiger partial charge in [0.15, 0.2) is 0 Å². The number of benzene rings is 1. The van der Waals surface area contributed by atoms with Gasteiger partial charge < -0.3 is 10.2 Å². The zero-order valence-electron chi connectivity index (χ0n) is 11.9. The predicted octanol–water partition coefficient (Wildman–Crippen LogP) is 1.60. The lowest BCUT2D eigenvalue weighted by Gasteiger charge is -2.26. The molecule has 0 aliphatic carbocycles. The van der Waals surface area contributed by atoms with Gasteiger partial charge in [-0.2, -0.15) is 13.2 Å². The average Bonchev–Trinajstić information content (AvgIpc) is 2.41. The van der Waals surface area contributed by atoms with Gasteiger partial charge in [-0.3, -0.25) is 0 Å². The van der Waals surface area contributed by atoms with Crippen LogP contribution in [0.15, 0.2) is 29.2 Å². The van der Waals surface area contributed by atoms with Gasteiger partial charge in [-0.05, 0) is 24.6 Å². The largest absolute Gasteiger partial charge is 0.405 e. The lowest BCUT2D eigenvalue weighted by atomic mass is 10.1. The first-order chi connectivity index (χ1) is 9.92. The van der Waals surface area contributed by atoms with Crippen LogP contribution in [0.2, 0.25) is 0 Å². The van der Waals surface area contributed by atoms with E-state index in [2.05, 4.69) is 0 Å². The number of nitrogens with zero attached hydrogens (tertiary/aromatic N) is 1. The van der Waals surface area contributed by atoms with Crippen LogP contribution in [0, 0.1) is 0 Å². The average molecular weight is 339 g/mol. The molecular formula is C12H16F3N3O3S. The van der Waals surface area contributed by atoms with E-state index >= 15 is 0 Å². The van der Waals surface area contributed by atoms with Crippen molar-refractivity contribution in [3.63, 3.8) is 0 Å². The summed E-state index contributed by atoms with van der Waals surface area (Å²) in [6.45, 7) is 0.173. The van der Waals surface area contributed by atoms with Crippen molar-refractivity contribution in [2.24, 2.45) is 5.14 Å². The zero-order valence-corrected chi connectivity index (χ0v) is 12.7. The van der Waals surface area contributed by atoms with Crippen LogP contribution in [0.25, 0.3) is 0 Å². The molecule has 124 valence electrons. The highest BCUT2D eigenvalue weighted by Gasteiger charge is 2.29. The Hall–Kier alpha value is -1.81. The fourth-order valence-corrected chi connectivity index (χ4v) is 2.15. The Balaban J connectivity index is 2.78. The first-order valence-corrected chi connectivity index (χ1v) is 7.66. The van der Waals surface area contributed by atoms with Crippen LogP contribution in [0.4, 0.5) is 18.0 Å². The number of sulfonamides is 1. The molecule has 2 amide bonds. The normalized spacial score (nSPS) is 13.5. The van der Waals surface area contributed by atoms with Gasteiger partial charge in [0.25, 0.3) is 0 Å². The van der Waals surface area contributed by atoms with Gasteiger partial charge in [-0.15, -0.1) is 0 Å². The Bertz CT molecular complexity index is 629. The van der Waals surface area contributed by atoms with Crippen molar-refractivity contribution in [1.29, 1.82) is 0 Å². The van der Waals surface area contributed by atoms with E-state index in [4.69, 9.17) is 5.14 Å². The second kappa shape index (κ2) is 6.53. The lowest BCUT2D eigenvalue weighted by Crippen LogP contribution is -2.42. The third-order valence-corrected chi connectivity index (χ3v) is 3.96. The van der Waals surface area contributed by atoms with E-state index in [1.54, 1.807) is 12.2 Å². The van der Waals surface area contributed by atoms with Gasteiger partial charge in [-0.1, -0.05) is 12.1 Å². The molecule has 1 atom stereocenters. The van der Waals surface area contributed by atoms with Crippen molar-refractivity contribution >= 4 is 16.1 Å². The van der Waals surface area contributed by atoms with Gasteiger partial charge in [-0.25, -0.2) is 18.4 Å². The number of amides is 2. The van der Waals surface area contributed by atoms with Gasteiger partial charge in [0.2, 0.25) is 10.0 Å². The van der Waals surface area contributed by atoms with E-state index < -0.39 is 34.8 Å². The molecule has 0 aliphatic rings. The smallest absolute Gasteiger partial charge is 0.329 e. The molecule has 0 unspecified atom stereocenters. The summed E-state index contributed by atoms with van der Waals surface area (Å²) in [7, 11) is -2.49. The summed E-state index contributed by atoms with van der Waals surface area (Å²) in [5.41, 5.74) is 0.553. The fraction of sp³-hybridized carbons (Fsp3) is 0.417. The third kappa shape index (κ3) is 5.19. The molecular weight excluding hydrogens is 323 g/mol. The number of carbonyl (C=O) groups excluding carboxylic acids is 1. The second-order valence-electron chi connectivity index (χ2n) is 4.67. The number of urea groups is 1. The van der Waals surface area contributed by atoms with E-state index in [9.17, 15) is 26.4 Å². The van der Waals surface area contributed by atoms with Crippen LogP contribution in [-0.4, -0.2) is 39.1 Å². The number of hydrogen-bond acceptors (Lipinski definition) is 3. The Morgan fingerprint density at radius 3 is 2.23 bits per heavy atom. The monoisotopic (exact) mass is 339 g/mol. The van der Waals surface area contributed by atoms with Crippen LogP contribution < -0.4 is 10.5 Å². The highest BCUT2D eigenvalue weighted by molar-refractivity contribution is 7.89. The summed E-state index contributed by atoms with van der Waals surface area (Å²) >= 11 is 0. The Morgan fingerprint density at radius 1 is 1.32 bits per heavy atom. The summed E-state index contributed by atoms with van der Waals surface area (Å²) in [6, 6.07) is 3.98. The second-order valence-corrected chi connectivity index (χ2v) is 6.24. The first kappa shape index (κ1) is 18.2. The third-order valence-electron chi connectivity index (χ3n) is 3.03. The van der Waals surface area contributed by atoms with Crippen molar-refractivity contribution < 1.29 is 26.4 Å². The zero-order chi connectivity index (χ0) is 17.1. The topological polar surface area (TPSA) is 92.5 Å². The van der Waals surface area contributed by atoms with E-state index in [0.717, 1.165) is 4.90 Å². The minimum atomic E-state index is -4.49. The van der Waals surface area contributed by atoms with Crippen molar-refractivity contribution in [3.05, 3.63) is 29.8 Å². The quantitative estimate of drug-likeness (QED) is 0.873. The number of nitrogens with two attached hydrogens (primary N) is 1. The van der Waals surface area contributed by atoms with E-state index in [1.807, 2.05) is 0 Å². The van der Waals surface area contributed by atoms with E-state index in [0.29, 0.717) is 5.56 Å². The van der Waals surface area contributed by atoms with Crippen LogP contribution in [0.1, 0.15) is 18.5 Å². The Morgan fingerprint density at radius 2 is 1.82 bits per heavy atom. The molecule has 1 rings (SSSR count). The van der Waals surface area contributed by atoms with Gasteiger partial charge in [0.1, 0.15) is 6.54 Å². The van der Waals surface area contributed by atoms with E-state index in [1.165, 1.54) is 31.3 Å². The molecule has 22 heavy (non-hydrogen) atoms. The molecule has 0 saturated carbocycles. The molecule has 0 fully saturated rings. The summed E-state index contributed by atoms with van der Waals surface area (Å²) in [5.74, 6) is 0. The number of carbonyl (C=O) groups is 1. The minimum absolute atomic E-state index is 0.0902. The lowest BCUT2D eigenvalue weighted by molar-refractivity contribution is -0.123. The molecule has 0 bridgehead atoms. The van der Waals surface area contributed by atoms with E-state index in [-0.39, 0.29) is 4.90 Å². The van der Waals surface area contributed by atoms with Crippen LogP contribution in [0.3, 0.4) is 0 Å². The predicted molar refractivity (Wildman–Crippen MR) is 73.4 cm³/mol. The highest BCUT2D eigenvalue weighted by atomic mass is 32.2. The van der Waals surface area contributed by atoms with Crippen LogP contribution >= 0.6 is 0 Å². The maximum Gasteiger partial charge on any atom is 0.405 e. The maximum absolute atomic E-state index is 12.1. The van der Waals surface area contributed by atoms with Crippen molar-refractivity contribution in [2.45, 2.75) is 24.0 Å². The molecule has 0 aromatic heterocycles. The molecule has 1 aromatic carbocycles. The van der Waals surface area contributed by atoms with Crippen molar-refractivity contribution in [2.75, 3.05) is 13.6 Å². The Labute approximate surface area is 126 Å². The molecule has 0 spiro atoms. The summed E-state index contributed by atoms with van der Waals surface area (Å²) in [4.78, 5) is 12.6. The fourth-order valence-electron chi connectivity index (χ4n) is 1.64. The molecule has 1 aromatic rings. The molecule has 6 nitrogen and oxygen atoms in total. The molecule has 10 heteroatoms. The molecule has 0 aliphatic heterocycles.